The number of hydrogen-bond donors (Lipinski definition) is 1. The molecular weight excluding hydrogens is 173 g/mol. The number of nitrogens with one attached hydrogen (secondary N) is 1. The number of rotatable bonds is 1. The van der Waals surface area contributed by atoms with Gasteiger partial charge in [0.25, 0.3) is 0 Å². The van der Waals surface area contributed by atoms with E-state index in [9.17, 15) is 9.18 Å². The van der Waals surface area contributed by atoms with Gasteiger partial charge in [0.05, 0.1) is 6.54 Å². The van der Waals surface area contributed by atoms with Crippen LogP contribution in [0.15, 0.2) is 24.3 Å². The Morgan fingerprint density at radius 1 is 1.46 bits per heavy atom. The van der Waals surface area contributed by atoms with E-state index in [4.69, 9.17) is 4.74 Å². The summed E-state index contributed by atoms with van der Waals surface area (Å²) in [4.78, 5) is 10.7. The third kappa shape index (κ3) is 1.47. The third-order valence-corrected chi connectivity index (χ3v) is 1.93. The molecule has 1 aromatic rings. The van der Waals surface area contributed by atoms with Gasteiger partial charge >= 0.3 is 6.09 Å². The molecule has 4 heteroatoms. The fourth-order valence-electron chi connectivity index (χ4n) is 1.30. The fourth-order valence-corrected chi connectivity index (χ4v) is 1.30. The van der Waals surface area contributed by atoms with Crippen molar-refractivity contribution in [3.05, 3.63) is 35.6 Å². The number of amides is 1. The van der Waals surface area contributed by atoms with E-state index in [0.29, 0.717) is 12.1 Å². The lowest BCUT2D eigenvalue weighted by atomic mass is 10.1. The van der Waals surface area contributed by atoms with Crippen molar-refractivity contribution in [3.63, 3.8) is 0 Å². The number of carbonyl (C=O) groups excluding carboxylic acids is 1. The smallest absolute Gasteiger partial charge is 0.407 e. The molecule has 0 saturated carbocycles. The molecule has 0 aromatic heterocycles. The molecule has 1 unspecified atom stereocenters. The average molecular weight is 181 g/mol. The zero-order valence-corrected chi connectivity index (χ0v) is 6.79. The van der Waals surface area contributed by atoms with Gasteiger partial charge in [-0.15, -0.1) is 0 Å². The van der Waals surface area contributed by atoms with E-state index >= 15 is 0 Å². The fraction of sp³-hybridized carbons (Fsp3) is 0.222. The number of ether oxygens (including phenoxy) is 1. The molecule has 3 nitrogen and oxygen atoms in total. The van der Waals surface area contributed by atoms with Crippen molar-refractivity contribution < 1.29 is 13.9 Å². The second kappa shape index (κ2) is 3.05. The highest BCUT2D eigenvalue weighted by Gasteiger charge is 2.25. The number of alkyl carbamates (subject to hydrolysis) is 1. The summed E-state index contributed by atoms with van der Waals surface area (Å²) in [6, 6.07) is 6.27. The predicted octanol–water partition coefficient (Wildman–Crippen LogP) is 1.61. The first-order valence-corrected chi connectivity index (χ1v) is 3.96. The molecule has 1 aliphatic rings. The van der Waals surface area contributed by atoms with Crippen LogP contribution < -0.4 is 5.32 Å². The summed E-state index contributed by atoms with van der Waals surface area (Å²) in [6.07, 6.45) is -0.984. The lowest BCUT2D eigenvalue weighted by Crippen LogP contribution is -2.12. The van der Waals surface area contributed by atoms with Crippen molar-refractivity contribution in [3.8, 4) is 0 Å². The van der Waals surface area contributed by atoms with Gasteiger partial charge in [-0.1, -0.05) is 18.2 Å². The minimum atomic E-state index is -0.492. The zero-order chi connectivity index (χ0) is 9.26. The van der Waals surface area contributed by atoms with Crippen LogP contribution >= 0.6 is 0 Å². The Kier molecular flexibility index (Phi) is 1.88. The second-order valence-electron chi connectivity index (χ2n) is 2.80. The van der Waals surface area contributed by atoms with Gasteiger partial charge in [-0.25, -0.2) is 9.18 Å². The highest BCUT2D eigenvalue weighted by Crippen LogP contribution is 2.22. The van der Waals surface area contributed by atoms with Gasteiger partial charge in [-0.2, -0.15) is 0 Å². The molecule has 1 amide bonds. The van der Waals surface area contributed by atoms with Crippen molar-refractivity contribution in [2.24, 2.45) is 0 Å². The molecular formula is C9H8FNO2. The minimum absolute atomic E-state index is 0.333. The summed E-state index contributed by atoms with van der Waals surface area (Å²) < 4.78 is 18.0. The van der Waals surface area contributed by atoms with E-state index < -0.39 is 12.2 Å². The Hall–Kier alpha value is -1.58. The summed E-state index contributed by atoms with van der Waals surface area (Å²) in [5.74, 6) is -0.344. The van der Waals surface area contributed by atoms with Gasteiger partial charge in [0, 0.05) is 5.56 Å². The van der Waals surface area contributed by atoms with Gasteiger partial charge in [0.15, 0.2) is 0 Å². The van der Waals surface area contributed by atoms with Gasteiger partial charge in [0.1, 0.15) is 11.9 Å². The van der Waals surface area contributed by atoms with Crippen LogP contribution in [0.1, 0.15) is 11.7 Å². The summed E-state index contributed by atoms with van der Waals surface area (Å²) in [5.41, 5.74) is 0.417. The average Bonchev–Trinajstić information content (AvgIpc) is 2.53. The number of halogens is 1. The van der Waals surface area contributed by atoms with Crippen LogP contribution in [0.2, 0.25) is 0 Å². The van der Waals surface area contributed by atoms with Gasteiger partial charge in [-0.3, -0.25) is 0 Å². The lowest BCUT2D eigenvalue weighted by molar-refractivity contribution is 0.139. The molecule has 1 saturated heterocycles. The first kappa shape index (κ1) is 8.04. The number of benzene rings is 1. The van der Waals surface area contributed by atoms with Gasteiger partial charge < -0.3 is 10.1 Å². The molecule has 0 aliphatic carbocycles. The number of hydrogen-bond acceptors (Lipinski definition) is 2. The molecule has 68 valence electrons. The largest absolute Gasteiger partial charge is 0.439 e. The highest BCUT2D eigenvalue weighted by atomic mass is 19.1. The maximum absolute atomic E-state index is 13.1. The van der Waals surface area contributed by atoms with E-state index in [1.165, 1.54) is 6.07 Å². The van der Waals surface area contributed by atoms with Gasteiger partial charge in [-0.05, 0) is 6.07 Å². The zero-order valence-electron chi connectivity index (χ0n) is 6.79. The minimum Gasteiger partial charge on any atom is -0.439 e. The van der Waals surface area contributed by atoms with Gasteiger partial charge in [0.2, 0.25) is 0 Å². The summed E-state index contributed by atoms with van der Waals surface area (Å²) in [5, 5.41) is 2.47. The lowest BCUT2D eigenvalue weighted by Gasteiger charge is -2.07. The van der Waals surface area contributed by atoms with Crippen LogP contribution in [0.3, 0.4) is 0 Å². The van der Waals surface area contributed by atoms with Crippen molar-refractivity contribution in [1.82, 2.24) is 5.32 Å². The van der Waals surface area contributed by atoms with E-state index in [0.717, 1.165) is 0 Å². The first-order valence-electron chi connectivity index (χ1n) is 3.96. The van der Waals surface area contributed by atoms with Crippen LogP contribution in [-0.4, -0.2) is 12.6 Å². The monoisotopic (exact) mass is 181 g/mol. The Morgan fingerprint density at radius 3 is 2.85 bits per heavy atom. The molecule has 0 bridgehead atoms. The summed E-state index contributed by atoms with van der Waals surface area (Å²) >= 11 is 0. The van der Waals surface area contributed by atoms with Crippen molar-refractivity contribution in [2.45, 2.75) is 6.10 Å². The highest BCUT2D eigenvalue weighted by molar-refractivity contribution is 5.69. The van der Waals surface area contributed by atoms with E-state index in [-0.39, 0.29) is 5.82 Å². The molecule has 1 aromatic carbocycles. The predicted molar refractivity (Wildman–Crippen MR) is 43.6 cm³/mol. The standard InChI is InChI=1S/C9H8FNO2/c10-7-4-2-1-3-6(7)8-5-11-9(12)13-8/h1-4,8H,5H2,(H,11,12). The first-order chi connectivity index (χ1) is 6.27. The van der Waals surface area contributed by atoms with Crippen molar-refractivity contribution >= 4 is 6.09 Å². The van der Waals surface area contributed by atoms with Crippen LogP contribution in [0.4, 0.5) is 9.18 Å². The molecule has 0 spiro atoms. The maximum atomic E-state index is 13.1. The summed E-state index contributed by atoms with van der Waals surface area (Å²) in [7, 11) is 0. The summed E-state index contributed by atoms with van der Waals surface area (Å²) in [6.45, 7) is 0.333. The quantitative estimate of drug-likeness (QED) is 0.714. The molecule has 1 heterocycles. The molecule has 1 atom stereocenters. The maximum Gasteiger partial charge on any atom is 0.407 e. The number of cyclic esters (lactones) is 1. The van der Waals surface area contributed by atoms with E-state index in [1.54, 1.807) is 18.2 Å². The van der Waals surface area contributed by atoms with Crippen LogP contribution in [0.25, 0.3) is 0 Å². The topological polar surface area (TPSA) is 38.3 Å². The van der Waals surface area contributed by atoms with Crippen LogP contribution in [0.5, 0.6) is 0 Å². The SMILES string of the molecule is O=C1NCC(c2ccccc2F)O1. The molecule has 0 radical (unpaired) electrons. The molecule has 1 fully saturated rings. The molecule has 2 rings (SSSR count). The molecule has 1 aliphatic heterocycles. The van der Waals surface area contributed by atoms with Crippen molar-refractivity contribution in [1.29, 1.82) is 0 Å². The van der Waals surface area contributed by atoms with E-state index in [1.807, 2.05) is 0 Å². The molecule has 1 N–H and O–H groups in total. The Labute approximate surface area is 74.5 Å². The Bertz CT molecular complexity index is 340. The van der Waals surface area contributed by atoms with E-state index in [2.05, 4.69) is 5.32 Å². The second-order valence-corrected chi connectivity index (χ2v) is 2.80. The van der Waals surface area contributed by atoms with Crippen LogP contribution in [-0.2, 0) is 4.74 Å². The van der Waals surface area contributed by atoms with Crippen molar-refractivity contribution in [2.75, 3.05) is 6.54 Å². The molecule has 13 heavy (non-hydrogen) atoms. The third-order valence-electron chi connectivity index (χ3n) is 1.93. The Balaban J connectivity index is 2.26. The normalized spacial score (nSPS) is 21.0. The van der Waals surface area contributed by atoms with Crippen LogP contribution in [0, 0.1) is 5.82 Å². The Morgan fingerprint density at radius 2 is 2.23 bits per heavy atom. The number of carbonyl (C=O) groups is 1.